The Morgan fingerprint density at radius 1 is 1.14 bits per heavy atom. The summed E-state index contributed by atoms with van der Waals surface area (Å²) in [5.74, 6) is 0.760. The second-order valence-electron chi connectivity index (χ2n) is 9.59. The van der Waals surface area contributed by atoms with Gasteiger partial charge in [-0.05, 0) is 64.8 Å². The number of carbonyl (C=O) groups is 2. The van der Waals surface area contributed by atoms with Crippen molar-refractivity contribution in [1.29, 1.82) is 0 Å². The van der Waals surface area contributed by atoms with Gasteiger partial charge in [0.2, 0.25) is 5.91 Å². The van der Waals surface area contributed by atoms with Gasteiger partial charge in [-0.15, -0.1) is 11.6 Å². The highest BCUT2D eigenvalue weighted by Gasteiger charge is 2.60. The van der Waals surface area contributed by atoms with Crippen LogP contribution >= 0.6 is 11.6 Å². The zero-order valence-electron chi connectivity index (χ0n) is 17.3. The van der Waals surface area contributed by atoms with E-state index in [1.807, 2.05) is 18.7 Å². The van der Waals surface area contributed by atoms with Crippen LogP contribution in [0.1, 0.15) is 52.4 Å². The van der Waals surface area contributed by atoms with E-state index in [-0.39, 0.29) is 29.8 Å². The van der Waals surface area contributed by atoms with Crippen molar-refractivity contribution >= 4 is 23.4 Å². The van der Waals surface area contributed by atoms with Gasteiger partial charge in [0.1, 0.15) is 12.1 Å². The molecule has 0 bridgehead atoms. The number of nitrogens with one attached hydrogen (secondary N) is 1. The van der Waals surface area contributed by atoms with E-state index in [4.69, 9.17) is 11.6 Å². The molecule has 6 nitrogen and oxygen atoms in total. The van der Waals surface area contributed by atoms with E-state index in [1.54, 1.807) is 4.90 Å². The lowest BCUT2D eigenvalue weighted by atomic mass is 9.79. The van der Waals surface area contributed by atoms with Crippen LogP contribution in [0.4, 0.5) is 0 Å². The summed E-state index contributed by atoms with van der Waals surface area (Å²) >= 11 is 6.28. The predicted octanol–water partition coefficient (Wildman–Crippen LogP) is 1.67. The number of piperazine rings is 1. The van der Waals surface area contributed by atoms with Crippen molar-refractivity contribution in [3.8, 4) is 0 Å². The Morgan fingerprint density at radius 3 is 2.46 bits per heavy atom. The maximum Gasteiger partial charge on any atom is 0.251 e. The molecule has 1 spiro atoms. The minimum Gasteiger partial charge on any atom is -0.329 e. The SMILES string of the molecule is CC(C)N1CC(=O)N(CC2CCC(Cl)CC2)C2(CN(C3CCCNC3)C2)C1=O. The summed E-state index contributed by atoms with van der Waals surface area (Å²) in [4.78, 5) is 32.9. The average molecular weight is 411 g/mol. The number of likely N-dealkylation sites (tertiary alicyclic amines) is 1. The second kappa shape index (κ2) is 8.11. The molecule has 1 aliphatic carbocycles. The van der Waals surface area contributed by atoms with Crippen LogP contribution in [0.2, 0.25) is 0 Å². The van der Waals surface area contributed by atoms with Crippen molar-refractivity contribution in [1.82, 2.24) is 20.0 Å². The zero-order chi connectivity index (χ0) is 19.9. The largest absolute Gasteiger partial charge is 0.329 e. The van der Waals surface area contributed by atoms with Gasteiger partial charge in [0.05, 0.1) is 0 Å². The first kappa shape index (κ1) is 20.4. The Labute approximate surface area is 173 Å². The third kappa shape index (κ3) is 3.68. The van der Waals surface area contributed by atoms with Gasteiger partial charge in [-0.2, -0.15) is 0 Å². The number of rotatable bonds is 4. The number of halogens is 1. The van der Waals surface area contributed by atoms with Crippen molar-refractivity contribution < 1.29 is 9.59 Å². The lowest BCUT2D eigenvalue weighted by molar-refractivity contribution is -0.184. The Hall–Kier alpha value is -0.850. The third-order valence-electron chi connectivity index (χ3n) is 7.34. The van der Waals surface area contributed by atoms with Gasteiger partial charge < -0.3 is 15.1 Å². The number of hydrogen-bond donors (Lipinski definition) is 1. The molecular weight excluding hydrogens is 376 g/mol. The Kier molecular flexibility index (Phi) is 5.92. The molecule has 1 unspecified atom stereocenters. The molecule has 7 heteroatoms. The lowest BCUT2D eigenvalue weighted by Gasteiger charge is -2.61. The fourth-order valence-electron chi connectivity index (χ4n) is 5.52. The maximum absolute atomic E-state index is 13.5. The topological polar surface area (TPSA) is 55.9 Å². The molecular formula is C21H35ClN4O2. The zero-order valence-corrected chi connectivity index (χ0v) is 18.1. The van der Waals surface area contributed by atoms with E-state index in [0.29, 0.717) is 25.0 Å². The van der Waals surface area contributed by atoms with Gasteiger partial charge in [-0.3, -0.25) is 14.5 Å². The van der Waals surface area contributed by atoms with Crippen molar-refractivity contribution in [2.75, 3.05) is 39.3 Å². The standard InChI is InChI=1S/C21H35ClN4O2/c1-15(2)25-12-19(27)26(11-16-5-7-17(22)8-6-16)21(20(25)28)13-24(14-21)18-4-3-9-23-10-18/h15-18,23H,3-14H2,1-2H3. The quantitative estimate of drug-likeness (QED) is 0.716. The summed E-state index contributed by atoms with van der Waals surface area (Å²) in [5, 5.41) is 3.75. The maximum atomic E-state index is 13.5. The van der Waals surface area contributed by atoms with Gasteiger partial charge in [0.25, 0.3) is 5.91 Å². The first-order chi connectivity index (χ1) is 13.4. The highest BCUT2D eigenvalue weighted by molar-refractivity contribution is 6.20. The molecule has 3 saturated heterocycles. The van der Waals surface area contributed by atoms with Crippen LogP contribution < -0.4 is 5.32 Å². The first-order valence-corrected chi connectivity index (χ1v) is 11.5. The van der Waals surface area contributed by atoms with Crippen LogP contribution in [-0.2, 0) is 9.59 Å². The molecule has 0 aromatic heterocycles. The molecule has 0 radical (unpaired) electrons. The molecule has 2 amide bonds. The van der Waals surface area contributed by atoms with Crippen molar-refractivity contribution in [3.05, 3.63) is 0 Å². The van der Waals surface area contributed by atoms with Crippen LogP contribution in [0.5, 0.6) is 0 Å². The van der Waals surface area contributed by atoms with Gasteiger partial charge >= 0.3 is 0 Å². The summed E-state index contributed by atoms with van der Waals surface area (Å²) in [5.41, 5.74) is -0.644. The molecule has 158 valence electrons. The van der Waals surface area contributed by atoms with Crippen LogP contribution in [0.15, 0.2) is 0 Å². The van der Waals surface area contributed by atoms with Crippen molar-refractivity contribution in [2.45, 2.75) is 75.4 Å². The van der Waals surface area contributed by atoms with E-state index < -0.39 is 5.54 Å². The van der Waals surface area contributed by atoms with Gasteiger partial charge in [-0.25, -0.2) is 0 Å². The number of alkyl halides is 1. The molecule has 4 fully saturated rings. The lowest BCUT2D eigenvalue weighted by Crippen LogP contribution is -2.82. The number of amides is 2. The highest BCUT2D eigenvalue weighted by Crippen LogP contribution is 2.38. The molecule has 0 aromatic rings. The van der Waals surface area contributed by atoms with E-state index in [2.05, 4.69) is 10.2 Å². The smallest absolute Gasteiger partial charge is 0.251 e. The van der Waals surface area contributed by atoms with Crippen LogP contribution in [0.25, 0.3) is 0 Å². The summed E-state index contributed by atoms with van der Waals surface area (Å²) in [6, 6.07) is 0.554. The number of carbonyl (C=O) groups excluding carboxylic acids is 2. The molecule has 4 aliphatic rings. The second-order valence-corrected chi connectivity index (χ2v) is 10.2. The number of nitrogens with zero attached hydrogens (tertiary/aromatic N) is 3. The monoisotopic (exact) mass is 410 g/mol. The van der Waals surface area contributed by atoms with Crippen LogP contribution in [-0.4, -0.2) is 88.8 Å². The van der Waals surface area contributed by atoms with E-state index in [0.717, 1.165) is 45.3 Å². The molecule has 3 heterocycles. The summed E-state index contributed by atoms with van der Waals surface area (Å²) < 4.78 is 0. The fraction of sp³-hybridized carbons (Fsp3) is 0.905. The number of hydrogen-bond acceptors (Lipinski definition) is 4. The minimum absolute atomic E-state index is 0.0626. The van der Waals surface area contributed by atoms with Crippen LogP contribution in [0, 0.1) is 5.92 Å². The van der Waals surface area contributed by atoms with Gasteiger partial charge in [-0.1, -0.05) is 0 Å². The normalized spacial score (nSPS) is 34.2. The third-order valence-corrected chi connectivity index (χ3v) is 7.78. The Balaban J connectivity index is 1.51. The highest BCUT2D eigenvalue weighted by atomic mass is 35.5. The Morgan fingerprint density at radius 2 is 1.86 bits per heavy atom. The van der Waals surface area contributed by atoms with E-state index in [1.165, 1.54) is 12.8 Å². The average Bonchev–Trinajstić information content (AvgIpc) is 2.65. The molecule has 28 heavy (non-hydrogen) atoms. The van der Waals surface area contributed by atoms with Crippen molar-refractivity contribution in [2.24, 2.45) is 5.92 Å². The minimum atomic E-state index is -0.644. The summed E-state index contributed by atoms with van der Waals surface area (Å²) in [6.45, 7) is 8.44. The van der Waals surface area contributed by atoms with Gasteiger partial charge in [0, 0.05) is 43.6 Å². The summed E-state index contributed by atoms with van der Waals surface area (Å²) in [6.07, 6.45) is 6.53. The van der Waals surface area contributed by atoms with E-state index in [9.17, 15) is 9.59 Å². The molecule has 0 aromatic carbocycles. The molecule has 1 atom stereocenters. The fourth-order valence-corrected chi connectivity index (χ4v) is 5.77. The van der Waals surface area contributed by atoms with E-state index >= 15 is 0 Å². The Bertz CT molecular complexity index is 593. The molecule has 1 saturated carbocycles. The molecule has 4 rings (SSSR count). The molecule has 1 N–H and O–H groups in total. The number of piperidine rings is 1. The first-order valence-electron chi connectivity index (χ1n) is 11.1. The van der Waals surface area contributed by atoms with Crippen molar-refractivity contribution in [3.63, 3.8) is 0 Å². The predicted molar refractivity (Wildman–Crippen MR) is 110 cm³/mol. The summed E-state index contributed by atoms with van der Waals surface area (Å²) in [7, 11) is 0. The molecule has 3 aliphatic heterocycles. The van der Waals surface area contributed by atoms with Gasteiger partial charge in [0.15, 0.2) is 0 Å². The van der Waals surface area contributed by atoms with Crippen LogP contribution in [0.3, 0.4) is 0 Å².